The van der Waals surface area contributed by atoms with Gasteiger partial charge in [0.2, 0.25) is 5.71 Å². The number of aryl methyl sites for hydroxylation is 3. The maximum absolute atomic E-state index is 15.0. The number of rotatable bonds is 9. The van der Waals surface area contributed by atoms with E-state index < -0.39 is 0 Å². The molecule has 0 aliphatic carbocycles. The second-order valence-electron chi connectivity index (χ2n) is 14.7. The molecule has 1 radical (unpaired) electrons. The van der Waals surface area contributed by atoms with Gasteiger partial charge >= 0.3 is 0 Å². The number of aliphatic hydroxyl groups is 1. The predicted molar refractivity (Wildman–Crippen MR) is 208 cm³/mol. The molecule has 0 aliphatic heterocycles. The van der Waals surface area contributed by atoms with Crippen molar-refractivity contribution in [1.29, 1.82) is 0 Å². The van der Waals surface area contributed by atoms with E-state index in [1.165, 1.54) is 6.08 Å². The third kappa shape index (κ3) is 7.43. The van der Waals surface area contributed by atoms with Gasteiger partial charge in [-0.05, 0) is 86.6 Å². The van der Waals surface area contributed by atoms with Crippen molar-refractivity contribution in [2.45, 2.75) is 108 Å². The van der Waals surface area contributed by atoms with Gasteiger partial charge in [-0.1, -0.05) is 78.5 Å². The first-order valence-corrected chi connectivity index (χ1v) is 18.2. The van der Waals surface area contributed by atoms with Crippen LogP contribution in [0.3, 0.4) is 0 Å². The Hall–Kier alpha value is -4.00. The molecule has 3 heterocycles. The first kappa shape index (κ1) is 40.8. The summed E-state index contributed by atoms with van der Waals surface area (Å²) in [6.45, 7) is 21.8. The summed E-state index contributed by atoms with van der Waals surface area (Å²) in [4.78, 5) is 26.6. The number of aliphatic hydroxyl groups excluding tert-OH is 1. The van der Waals surface area contributed by atoms with Crippen molar-refractivity contribution < 1.29 is 38.8 Å². The first-order valence-electron chi connectivity index (χ1n) is 18.2. The van der Waals surface area contributed by atoms with E-state index in [0.717, 1.165) is 75.1 Å². The largest absolute Gasteiger partial charge is 0.512 e. The fourth-order valence-electron chi connectivity index (χ4n) is 6.47. The minimum Gasteiger partial charge on any atom is -0.512 e. The quantitative estimate of drug-likeness (QED) is 0.0673. The number of aromatic nitrogens is 3. The molecular weight excluding hydrogens is 830 g/mol. The van der Waals surface area contributed by atoms with Crippen molar-refractivity contribution in [3.63, 3.8) is 0 Å². The minimum atomic E-state index is -0.337. The smallest absolute Gasteiger partial charge is 0.216 e. The van der Waals surface area contributed by atoms with Crippen molar-refractivity contribution in [3.8, 4) is 11.3 Å². The number of fused-ring (bicyclic) bond motifs is 6. The van der Waals surface area contributed by atoms with Gasteiger partial charge in [-0.3, -0.25) is 9.78 Å². The van der Waals surface area contributed by atoms with Crippen LogP contribution in [0.5, 0.6) is 0 Å². The van der Waals surface area contributed by atoms with E-state index in [2.05, 4.69) is 24.9 Å². The molecule has 3 aromatic carbocycles. The van der Waals surface area contributed by atoms with Crippen molar-refractivity contribution in [1.82, 2.24) is 15.0 Å². The molecule has 6 rings (SSSR count). The summed E-state index contributed by atoms with van der Waals surface area (Å²) < 4.78 is 21.2. The van der Waals surface area contributed by atoms with Crippen LogP contribution in [-0.2, 0) is 24.9 Å². The summed E-state index contributed by atoms with van der Waals surface area (Å²) >= 11 is 0. The van der Waals surface area contributed by atoms with Gasteiger partial charge in [0.25, 0.3) is 0 Å². The molecule has 0 amide bonds. The number of furan rings is 1. The van der Waals surface area contributed by atoms with Crippen molar-refractivity contribution in [2.24, 2.45) is 10.8 Å². The number of hydrogen-bond donors (Lipinski definition) is 1. The molecule has 6 nitrogen and oxygen atoms in total. The number of allylic oxidation sites excluding steroid dienone is 2. The van der Waals surface area contributed by atoms with Gasteiger partial charge in [0.05, 0.1) is 11.1 Å². The molecule has 6 aromatic rings. The van der Waals surface area contributed by atoms with E-state index in [1.54, 1.807) is 6.92 Å². The van der Waals surface area contributed by atoms with Crippen molar-refractivity contribution >= 4 is 49.5 Å². The van der Waals surface area contributed by atoms with E-state index in [-0.39, 0.29) is 54.2 Å². The molecule has 0 unspecified atom stereocenters. The van der Waals surface area contributed by atoms with Crippen LogP contribution in [-0.4, -0.2) is 25.8 Å². The summed E-state index contributed by atoms with van der Waals surface area (Å²) in [6.07, 6.45) is 4.75. The summed E-state index contributed by atoms with van der Waals surface area (Å²) in [5.74, 6) is 0.881. The molecule has 0 fully saturated rings. The van der Waals surface area contributed by atoms with E-state index in [0.29, 0.717) is 28.2 Å². The van der Waals surface area contributed by atoms with E-state index in [4.69, 9.17) is 14.4 Å². The van der Waals surface area contributed by atoms with Crippen molar-refractivity contribution in [2.75, 3.05) is 0 Å². The number of benzene rings is 3. The standard InChI is InChI=1S/C29H23FN3O.C15H28O2.Ir/c1-14(2)28-32-25(21-12-10-18-13-15(3)24(30)17(5)23(18)26(21)33-28)22-8-6-7-19-20-11-9-16(4)31-29(20)34-27(19)22;1-7-14(5,8-2)12(16)11-13(17)15(6,9-3)10-4;/h6-7,9-14H,1-5H3;11,16H,7-10H2,1-6H3;/q-1;;/b;12-11-;. The number of nitrogens with zero attached hydrogens (tertiary/aromatic N) is 3. The number of carbonyl (C=O) groups excluding carboxylic acids is 1. The van der Waals surface area contributed by atoms with Crippen molar-refractivity contribution in [3.05, 3.63) is 88.8 Å². The maximum Gasteiger partial charge on any atom is 0.216 e. The molecule has 1 N–H and O–H groups in total. The third-order valence-electron chi connectivity index (χ3n) is 11.1. The summed E-state index contributed by atoms with van der Waals surface area (Å²) in [5, 5.41) is 14.7. The fraction of sp³-hybridized carbons (Fsp3) is 0.409. The fourth-order valence-corrected chi connectivity index (χ4v) is 6.47. The Morgan fingerprint density at radius 3 is 2.15 bits per heavy atom. The third-order valence-corrected chi connectivity index (χ3v) is 11.1. The molecule has 0 saturated heterocycles. The Kier molecular flexibility index (Phi) is 12.5. The number of ketones is 1. The number of carbonyl (C=O) groups is 1. The van der Waals surface area contributed by atoms with Crippen LogP contribution in [0.1, 0.15) is 110 Å². The zero-order valence-corrected chi connectivity index (χ0v) is 34.7. The normalized spacial score (nSPS) is 12.4. The Morgan fingerprint density at radius 1 is 0.904 bits per heavy atom. The van der Waals surface area contributed by atoms with Crippen LogP contribution in [0.15, 0.2) is 58.7 Å². The average molecular weight is 881 g/mol. The molecule has 8 heteroatoms. The number of pyridine rings is 1. The Balaban J connectivity index is 0.000000289. The second-order valence-corrected chi connectivity index (χ2v) is 14.7. The van der Waals surface area contributed by atoms with Crippen LogP contribution >= 0.6 is 0 Å². The van der Waals surface area contributed by atoms with Gasteiger partial charge in [0.15, 0.2) is 5.78 Å². The van der Waals surface area contributed by atoms with Gasteiger partial charge in [-0.25, -0.2) is 14.4 Å². The molecule has 0 bridgehead atoms. The van der Waals surface area contributed by atoms with Gasteiger partial charge in [-0.2, -0.15) is 0 Å². The Labute approximate surface area is 320 Å². The molecule has 0 aliphatic rings. The number of halogens is 1. The van der Waals surface area contributed by atoms with Gasteiger partial charge in [-0.15, -0.1) is 18.2 Å². The zero-order chi connectivity index (χ0) is 37.4. The van der Waals surface area contributed by atoms with E-state index in [1.807, 2.05) is 97.9 Å². The molecule has 3 aromatic heterocycles. The Morgan fingerprint density at radius 2 is 1.54 bits per heavy atom. The van der Waals surface area contributed by atoms with E-state index >= 15 is 0 Å². The summed E-state index contributed by atoms with van der Waals surface area (Å²) in [7, 11) is 0. The topological polar surface area (TPSA) is 89.1 Å². The van der Waals surface area contributed by atoms with Crippen LogP contribution in [0.4, 0.5) is 4.39 Å². The average Bonchev–Trinajstić information content (AvgIpc) is 3.50. The van der Waals surface area contributed by atoms with Gasteiger partial charge < -0.3 is 9.52 Å². The minimum absolute atomic E-state index is 0. The second kappa shape index (κ2) is 15.9. The summed E-state index contributed by atoms with van der Waals surface area (Å²) in [6, 6.07) is 17.2. The Bertz CT molecular complexity index is 2300. The molecule has 0 atom stereocenters. The monoisotopic (exact) mass is 881 g/mol. The molecule has 0 saturated carbocycles. The summed E-state index contributed by atoms with van der Waals surface area (Å²) in [5.41, 5.74) is 5.05. The SMILES string of the molecule is CCC(C)(CC)C(=O)/C=C(\O)C(C)(CC)CC.Cc1ccc2c(n1)oc1c(-c3nc(C(C)C)nc4c3ccc3cc(C)c(F)c(C)c34)[c-]ccc12.[Ir]. The van der Waals surface area contributed by atoms with Gasteiger partial charge in [0, 0.05) is 65.1 Å². The van der Waals surface area contributed by atoms with Gasteiger partial charge in [0.1, 0.15) is 17.4 Å². The predicted octanol–water partition coefficient (Wildman–Crippen LogP) is 12.4. The molecular formula is C44H51FIrN3O3-. The zero-order valence-electron chi connectivity index (χ0n) is 32.3. The van der Waals surface area contributed by atoms with Crippen LogP contribution in [0.25, 0.3) is 55.0 Å². The molecule has 277 valence electrons. The van der Waals surface area contributed by atoms with Crippen LogP contribution in [0.2, 0.25) is 0 Å². The number of hydrogen-bond acceptors (Lipinski definition) is 6. The maximum atomic E-state index is 15.0. The van der Waals surface area contributed by atoms with Crippen LogP contribution in [0, 0.1) is 43.5 Å². The van der Waals surface area contributed by atoms with E-state index in [9.17, 15) is 14.3 Å². The first-order chi connectivity index (χ1) is 24.1. The molecule has 0 spiro atoms. The van der Waals surface area contributed by atoms with Crippen LogP contribution < -0.4 is 0 Å². The molecule has 52 heavy (non-hydrogen) atoms.